The van der Waals surface area contributed by atoms with Crippen LogP contribution in [0.5, 0.6) is 0 Å². The molecule has 13 nitrogen and oxygen atoms in total. The van der Waals surface area contributed by atoms with E-state index < -0.39 is 58.6 Å². The molecule has 2 aliphatic carbocycles. The predicted molar refractivity (Wildman–Crippen MR) is 178 cm³/mol. The van der Waals surface area contributed by atoms with Crippen LogP contribution in [-0.4, -0.2) is 88.4 Å². The normalized spacial score (nSPS) is 23.9. The quantitative estimate of drug-likeness (QED) is 0.181. The van der Waals surface area contributed by atoms with E-state index in [0.29, 0.717) is 25.8 Å². The van der Waals surface area contributed by atoms with Crippen molar-refractivity contribution in [2.24, 2.45) is 28.4 Å². The molecule has 4 fully saturated rings. The minimum Gasteiger partial charge on any atom is -0.363 e. The van der Waals surface area contributed by atoms with Crippen molar-refractivity contribution in [1.82, 2.24) is 25.8 Å². The number of ketones is 1. The number of primary amides is 1. The third-order valence-electron chi connectivity index (χ3n) is 10.8. The Labute approximate surface area is 284 Å². The van der Waals surface area contributed by atoms with Crippen LogP contribution in [0.4, 0.5) is 4.79 Å². The molecule has 0 aromatic carbocycles. The number of rotatable bonds is 12. The molecule has 4 atom stereocenters. The van der Waals surface area contributed by atoms with E-state index in [0.717, 1.165) is 51.4 Å². The minimum atomic E-state index is -1.10. The lowest BCUT2D eigenvalue weighted by Crippen LogP contribution is -2.61. The van der Waals surface area contributed by atoms with Gasteiger partial charge in [-0.15, -0.1) is 0 Å². The topological polar surface area (TPSA) is 188 Å². The summed E-state index contributed by atoms with van der Waals surface area (Å²) in [7, 11) is 0. The van der Waals surface area contributed by atoms with Gasteiger partial charge in [-0.3, -0.25) is 33.7 Å². The Morgan fingerprint density at radius 2 is 1.48 bits per heavy atom. The van der Waals surface area contributed by atoms with Crippen molar-refractivity contribution in [3.05, 3.63) is 0 Å². The number of carbonyl (C=O) groups is 7. The van der Waals surface area contributed by atoms with Crippen LogP contribution in [-0.2, 0) is 28.8 Å². The van der Waals surface area contributed by atoms with Crippen molar-refractivity contribution >= 4 is 41.4 Å². The number of amides is 7. The number of likely N-dealkylation sites (tertiary alicyclic amines) is 2. The Hall–Kier alpha value is -3.51. The average molecular weight is 673 g/mol. The highest BCUT2D eigenvalue weighted by Crippen LogP contribution is 2.34. The fourth-order valence-electron chi connectivity index (χ4n) is 7.54. The first-order chi connectivity index (χ1) is 22.5. The first kappa shape index (κ1) is 37.3. The molecule has 2 heterocycles. The third kappa shape index (κ3) is 9.34. The Kier molecular flexibility index (Phi) is 11.9. The van der Waals surface area contributed by atoms with Crippen molar-refractivity contribution in [1.29, 1.82) is 0 Å². The van der Waals surface area contributed by atoms with E-state index >= 15 is 0 Å². The van der Waals surface area contributed by atoms with E-state index in [-0.39, 0.29) is 48.9 Å². The van der Waals surface area contributed by atoms with Crippen LogP contribution >= 0.6 is 0 Å². The molecule has 7 amide bonds. The minimum absolute atomic E-state index is 0.0210. The highest BCUT2D eigenvalue weighted by Gasteiger charge is 2.44. The van der Waals surface area contributed by atoms with Crippen molar-refractivity contribution < 1.29 is 33.6 Å². The zero-order valence-corrected chi connectivity index (χ0v) is 29.4. The molecular formula is C35H56N6O7. The van der Waals surface area contributed by atoms with Gasteiger partial charge in [-0.25, -0.2) is 4.79 Å². The monoisotopic (exact) mass is 672 g/mol. The molecule has 4 rings (SSSR count). The van der Waals surface area contributed by atoms with Crippen LogP contribution in [0.1, 0.15) is 118 Å². The average Bonchev–Trinajstić information content (AvgIpc) is 3.47. The first-order valence-electron chi connectivity index (χ1n) is 17.8. The highest BCUT2D eigenvalue weighted by molar-refractivity contribution is 6.37. The summed E-state index contributed by atoms with van der Waals surface area (Å²) < 4.78 is 0. The number of nitrogens with two attached hydrogens (primary N) is 1. The van der Waals surface area contributed by atoms with E-state index in [1.165, 1.54) is 9.80 Å². The summed E-state index contributed by atoms with van der Waals surface area (Å²) in [6.45, 7) is 9.86. The SMILES string of the molecule is CC1(C)CC(=O)N(C[C@@H](NC(=O)N[C@H](C(=O)N2CCC[C@H]2C(=O)NC(CC2CCC2)C(=O)C(N)=O)C2CCCCC2)C(C)(C)C)C(=O)C1. The molecule has 0 spiro atoms. The van der Waals surface area contributed by atoms with Gasteiger partial charge in [-0.1, -0.05) is 73.1 Å². The van der Waals surface area contributed by atoms with Crippen LogP contribution in [0.3, 0.4) is 0 Å². The van der Waals surface area contributed by atoms with Gasteiger partial charge in [0.05, 0.1) is 12.1 Å². The summed E-state index contributed by atoms with van der Waals surface area (Å²) in [6, 6.07) is -3.94. The van der Waals surface area contributed by atoms with E-state index in [1.807, 2.05) is 34.6 Å². The van der Waals surface area contributed by atoms with Gasteiger partial charge in [0, 0.05) is 25.9 Å². The highest BCUT2D eigenvalue weighted by atomic mass is 16.2. The lowest BCUT2D eigenvalue weighted by atomic mass is 9.80. The standard InChI is InChI=1S/C35H56N6O7/c1-34(2,3)25(20-41-26(42)18-35(4,5)19-27(41)43)38-33(48)39-28(22-13-7-6-8-14-22)32(47)40-16-10-15-24(40)31(46)37-23(29(44)30(36)45)17-21-11-9-12-21/h21-25,28H,6-20H2,1-5H3,(H2,36,45)(H,37,46)(H2,38,39,48)/t23?,24-,25+,28-/m0/s1. The molecule has 0 aromatic heterocycles. The fourth-order valence-corrected chi connectivity index (χ4v) is 7.54. The molecule has 13 heteroatoms. The van der Waals surface area contributed by atoms with Gasteiger partial charge in [0.2, 0.25) is 29.4 Å². The summed E-state index contributed by atoms with van der Waals surface area (Å²) in [5.41, 5.74) is 4.36. The van der Waals surface area contributed by atoms with Gasteiger partial charge in [0.15, 0.2) is 0 Å². The lowest BCUT2D eigenvalue weighted by molar-refractivity contribution is -0.153. The number of Topliss-reactive ketones (excluding diaryl/α,β-unsaturated/α-hetero) is 1. The second kappa shape index (κ2) is 15.4. The van der Waals surface area contributed by atoms with Crippen molar-refractivity contribution in [2.75, 3.05) is 13.1 Å². The Bertz CT molecular complexity index is 1250. The number of hydrogen-bond acceptors (Lipinski definition) is 7. The van der Waals surface area contributed by atoms with Crippen molar-refractivity contribution in [3.8, 4) is 0 Å². The van der Waals surface area contributed by atoms with E-state index in [9.17, 15) is 33.6 Å². The number of urea groups is 1. The summed E-state index contributed by atoms with van der Waals surface area (Å²) in [4.78, 5) is 94.5. The molecule has 0 aromatic rings. The molecular weight excluding hydrogens is 616 g/mol. The molecule has 2 saturated carbocycles. The summed E-state index contributed by atoms with van der Waals surface area (Å²) in [5, 5.41) is 8.64. The van der Waals surface area contributed by atoms with Crippen LogP contribution in [0.15, 0.2) is 0 Å². The number of hydrogen-bond donors (Lipinski definition) is 4. The third-order valence-corrected chi connectivity index (χ3v) is 10.8. The van der Waals surface area contributed by atoms with Gasteiger partial charge in [0.25, 0.3) is 5.91 Å². The van der Waals surface area contributed by atoms with Crippen LogP contribution in [0.2, 0.25) is 0 Å². The Morgan fingerprint density at radius 1 is 0.854 bits per heavy atom. The maximum absolute atomic E-state index is 14.3. The van der Waals surface area contributed by atoms with Crippen molar-refractivity contribution in [3.63, 3.8) is 0 Å². The number of nitrogens with zero attached hydrogens (tertiary/aromatic N) is 2. The van der Waals surface area contributed by atoms with Crippen LogP contribution in [0.25, 0.3) is 0 Å². The van der Waals surface area contributed by atoms with Gasteiger partial charge >= 0.3 is 6.03 Å². The van der Waals surface area contributed by atoms with E-state index in [4.69, 9.17) is 5.73 Å². The Morgan fingerprint density at radius 3 is 2.02 bits per heavy atom. The summed E-state index contributed by atoms with van der Waals surface area (Å²) in [5.74, 6) is -3.24. The van der Waals surface area contributed by atoms with Crippen molar-refractivity contribution in [2.45, 2.75) is 142 Å². The first-order valence-corrected chi connectivity index (χ1v) is 17.8. The molecule has 2 saturated heterocycles. The molecule has 0 bridgehead atoms. The van der Waals surface area contributed by atoms with Crippen LogP contribution < -0.4 is 21.7 Å². The molecule has 48 heavy (non-hydrogen) atoms. The van der Waals surface area contributed by atoms with E-state index in [2.05, 4.69) is 16.0 Å². The maximum Gasteiger partial charge on any atom is 0.315 e. The number of nitrogens with one attached hydrogen (secondary N) is 3. The predicted octanol–water partition coefficient (Wildman–Crippen LogP) is 2.54. The smallest absolute Gasteiger partial charge is 0.315 e. The Balaban J connectivity index is 1.48. The summed E-state index contributed by atoms with van der Waals surface area (Å²) in [6.07, 6.45) is 9.01. The largest absolute Gasteiger partial charge is 0.363 e. The van der Waals surface area contributed by atoms with Gasteiger partial charge < -0.3 is 26.6 Å². The van der Waals surface area contributed by atoms with Gasteiger partial charge in [0.1, 0.15) is 12.1 Å². The second-order valence-electron chi connectivity index (χ2n) is 16.3. The fraction of sp³-hybridized carbons (Fsp3) is 0.800. The maximum atomic E-state index is 14.3. The molecule has 5 N–H and O–H groups in total. The molecule has 268 valence electrons. The zero-order chi connectivity index (χ0) is 35.4. The zero-order valence-electron chi connectivity index (χ0n) is 29.4. The van der Waals surface area contributed by atoms with Gasteiger partial charge in [-0.2, -0.15) is 0 Å². The summed E-state index contributed by atoms with van der Waals surface area (Å²) >= 11 is 0. The lowest BCUT2D eigenvalue weighted by Gasteiger charge is -2.40. The number of imide groups is 1. The second-order valence-corrected chi connectivity index (χ2v) is 16.3. The number of carbonyl (C=O) groups excluding carboxylic acids is 7. The molecule has 1 unspecified atom stereocenters. The molecule has 4 aliphatic rings. The van der Waals surface area contributed by atoms with Gasteiger partial charge in [-0.05, 0) is 54.8 Å². The molecule has 0 radical (unpaired) electrons. The van der Waals surface area contributed by atoms with E-state index in [1.54, 1.807) is 0 Å². The number of piperidine rings is 1. The molecule has 2 aliphatic heterocycles. The van der Waals surface area contributed by atoms with Crippen LogP contribution in [0, 0.1) is 22.7 Å².